The van der Waals surface area contributed by atoms with E-state index in [-0.39, 0.29) is 0 Å². The van der Waals surface area contributed by atoms with Gasteiger partial charge in [-0.3, -0.25) is 4.79 Å². The van der Waals surface area contributed by atoms with E-state index in [1.807, 2.05) is 55.8 Å². The molecule has 0 N–H and O–H groups in total. The van der Waals surface area contributed by atoms with Crippen LogP contribution >= 0.6 is 0 Å². The molecule has 0 radical (unpaired) electrons. The highest BCUT2D eigenvalue weighted by Crippen LogP contribution is 2.30. The van der Waals surface area contributed by atoms with Crippen LogP contribution in [0.25, 0.3) is 22.8 Å². The molecule has 0 aliphatic heterocycles. The molecule has 0 amide bonds. The second kappa shape index (κ2) is 5.01. The summed E-state index contributed by atoms with van der Waals surface area (Å²) in [6, 6.07) is 9.59. The molecule has 5 nitrogen and oxygen atoms in total. The third-order valence-corrected chi connectivity index (χ3v) is 3.82. The van der Waals surface area contributed by atoms with Crippen LogP contribution in [0.15, 0.2) is 34.9 Å². The Morgan fingerprint density at radius 2 is 1.86 bits per heavy atom. The van der Waals surface area contributed by atoms with E-state index in [4.69, 9.17) is 4.52 Å². The fraction of sp³-hybridized carbons (Fsp3) is 0.188. The van der Waals surface area contributed by atoms with Gasteiger partial charge >= 0.3 is 0 Å². The van der Waals surface area contributed by atoms with E-state index in [0.717, 1.165) is 23.2 Å². The van der Waals surface area contributed by atoms with Crippen molar-refractivity contribution in [3.05, 3.63) is 47.3 Å². The Balaban J connectivity index is 2.13. The summed E-state index contributed by atoms with van der Waals surface area (Å²) in [6.07, 6.45) is 0.837. The molecule has 21 heavy (non-hydrogen) atoms. The SMILES string of the molecule is Cc1c(C=O)c(-c2nc(-c3ccccc3)no2)c(C)n1C. The number of nitrogens with zero attached hydrogens (tertiary/aromatic N) is 3. The molecule has 0 aliphatic rings. The molecule has 0 bridgehead atoms. The van der Waals surface area contributed by atoms with Crippen LogP contribution in [-0.4, -0.2) is 21.0 Å². The summed E-state index contributed by atoms with van der Waals surface area (Å²) >= 11 is 0. The minimum absolute atomic E-state index is 0.372. The van der Waals surface area contributed by atoms with Gasteiger partial charge in [0.1, 0.15) is 0 Å². The van der Waals surface area contributed by atoms with Gasteiger partial charge in [-0.15, -0.1) is 0 Å². The summed E-state index contributed by atoms with van der Waals surface area (Å²) in [5.41, 5.74) is 4.00. The number of aldehydes is 1. The minimum atomic E-state index is 0.372. The maximum atomic E-state index is 11.4. The van der Waals surface area contributed by atoms with Gasteiger partial charge < -0.3 is 9.09 Å². The number of hydrogen-bond acceptors (Lipinski definition) is 4. The second-order valence-electron chi connectivity index (χ2n) is 4.93. The lowest BCUT2D eigenvalue weighted by molar-refractivity contribution is 0.112. The van der Waals surface area contributed by atoms with Crippen LogP contribution in [0.2, 0.25) is 0 Å². The predicted molar refractivity (Wildman–Crippen MR) is 79.0 cm³/mol. The Hall–Kier alpha value is -2.69. The van der Waals surface area contributed by atoms with Crippen LogP contribution in [0.3, 0.4) is 0 Å². The van der Waals surface area contributed by atoms with Crippen molar-refractivity contribution in [2.24, 2.45) is 7.05 Å². The maximum absolute atomic E-state index is 11.4. The molecular formula is C16H15N3O2. The van der Waals surface area contributed by atoms with Crippen molar-refractivity contribution in [1.82, 2.24) is 14.7 Å². The third kappa shape index (κ3) is 2.07. The molecule has 0 atom stereocenters. The van der Waals surface area contributed by atoms with Gasteiger partial charge in [-0.05, 0) is 13.8 Å². The Kier molecular flexibility index (Phi) is 3.17. The molecule has 1 aromatic carbocycles. The number of hydrogen-bond donors (Lipinski definition) is 0. The zero-order chi connectivity index (χ0) is 15.0. The lowest BCUT2D eigenvalue weighted by Crippen LogP contribution is -1.93. The minimum Gasteiger partial charge on any atom is -0.351 e. The van der Waals surface area contributed by atoms with E-state index in [1.165, 1.54) is 0 Å². The number of carbonyl (C=O) groups excluding carboxylic acids is 1. The molecule has 0 fully saturated rings. The van der Waals surface area contributed by atoms with Crippen molar-refractivity contribution in [1.29, 1.82) is 0 Å². The molecular weight excluding hydrogens is 266 g/mol. The van der Waals surface area contributed by atoms with Crippen molar-refractivity contribution in [2.75, 3.05) is 0 Å². The lowest BCUT2D eigenvalue weighted by atomic mass is 10.1. The van der Waals surface area contributed by atoms with Gasteiger partial charge in [0.15, 0.2) is 6.29 Å². The number of aromatic nitrogens is 3. The normalized spacial score (nSPS) is 10.8. The topological polar surface area (TPSA) is 60.9 Å². The van der Waals surface area contributed by atoms with Crippen LogP contribution in [0.5, 0.6) is 0 Å². The zero-order valence-corrected chi connectivity index (χ0v) is 12.1. The molecule has 5 heteroatoms. The largest absolute Gasteiger partial charge is 0.351 e. The molecule has 0 spiro atoms. The van der Waals surface area contributed by atoms with Gasteiger partial charge in [0, 0.05) is 29.6 Å². The average molecular weight is 281 g/mol. The van der Waals surface area contributed by atoms with Crippen LogP contribution in [0, 0.1) is 13.8 Å². The van der Waals surface area contributed by atoms with E-state index < -0.39 is 0 Å². The molecule has 106 valence electrons. The summed E-state index contributed by atoms with van der Waals surface area (Å²) in [4.78, 5) is 15.8. The lowest BCUT2D eigenvalue weighted by Gasteiger charge is -1.98. The summed E-state index contributed by atoms with van der Waals surface area (Å²) in [5, 5.41) is 4.01. The Labute approximate surface area is 122 Å². The molecule has 3 aromatic rings. The van der Waals surface area contributed by atoms with Crippen LogP contribution in [0.4, 0.5) is 0 Å². The van der Waals surface area contributed by atoms with Gasteiger partial charge in [0.25, 0.3) is 5.89 Å². The average Bonchev–Trinajstić information content (AvgIpc) is 3.07. The molecule has 3 rings (SSSR count). The fourth-order valence-corrected chi connectivity index (χ4v) is 2.42. The molecule has 0 unspecified atom stereocenters. The first kappa shape index (κ1) is 13.3. The van der Waals surface area contributed by atoms with E-state index in [1.54, 1.807) is 0 Å². The van der Waals surface area contributed by atoms with Crippen molar-refractivity contribution in [2.45, 2.75) is 13.8 Å². The number of benzene rings is 1. The molecule has 0 aliphatic carbocycles. The predicted octanol–water partition coefficient (Wildman–Crippen LogP) is 3.17. The van der Waals surface area contributed by atoms with E-state index in [9.17, 15) is 4.79 Å². The highest BCUT2D eigenvalue weighted by atomic mass is 16.5. The van der Waals surface area contributed by atoms with E-state index in [0.29, 0.717) is 22.8 Å². The first-order chi connectivity index (χ1) is 10.1. The standard InChI is InChI=1S/C16H15N3O2/c1-10-13(9-20)14(11(2)19(10)3)16-17-15(18-21-16)12-7-5-4-6-8-12/h4-9H,1-3H3. The first-order valence-corrected chi connectivity index (χ1v) is 6.64. The number of rotatable bonds is 3. The van der Waals surface area contributed by atoms with Crippen molar-refractivity contribution in [3.8, 4) is 22.8 Å². The third-order valence-electron chi connectivity index (χ3n) is 3.82. The van der Waals surface area contributed by atoms with E-state index in [2.05, 4.69) is 10.1 Å². The summed E-state index contributed by atoms with van der Waals surface area (Å²) in [6.45, 7) is 3.83. The zero-order valence-electron chi connectivity index (χ0n) is 12.1. The first-order valence-electron chi connectivity index (χ1n) is 6.64. The maximum Gasteiger partial charge on any atom is 0.260 e. The molecule has 2 aromatic heterocycles. The molecule has 0 saturated carbocycles. The highest BCUT2D eigenvalue weighted by molar-refractivity contribution is 5.88. The Bertz CT molecular complexity index is 801. The summed E-state index contributed by atoms with van der Waals surface area (Å²) < 4.78 is 7.31. The van der Waals surface area contributed by atoms with E-state index >= 15 is 0 Å². The smallest absolute Gasteiger partial charge is 0.260 e. The second-order valence-corrected chi connectivity index (χ2v) is 4.93. The van der Waals surface area contributed by atoms with Crippen molar-refractivity contribution >= 4 is 6.29 Å². The van der Waals surface area contributed by atoms with Crippen molar-refractivity contribution < 1.29 is 9.32 Å². The van der Waals surface area contributed by atoms with Gasteiger partial charge in [0.05, 0.1) is 5.56 Å². The Morgan fingerprint density at radius 3 is 2.52 bits per heavy atom. The fourth-order valence-electron chi connectivity index (χ4n) is 2.42. The van der Waals surface area contributed by atoms with Crippen LogP contribution < -0.4 is 0 Å². The molecule has 0 saturated heterocycles. The van der Waals surface area contributed by atoms with Crippen LogP contribution in [-0.2, 0) is 7.05 Å². The Morgan fingerprint density at radius 1 is 1.14 bits per heavy atom. The number of carbonyl (C=O) groups is 1. The summed E-state index contributed by atoms with van der Waals surface area (Å²) in [7, 11) is 1.91. The van der Waals surface area contributed by atoms with Gasteiger partial charge in [0.2, 0.25) is 5.82 Å². The highest BCUT2D eigenvalue weighted by Gasteiger charge is 2.22. The van der Waals surface area contributed by atoms with Crippen LogP contribution in [0.1, 0.15) is 21.7 Å². The van der Waals surface area contributed by atoms with Gasteiger partial charge in [-0.2, -0.15) is 4.98 Å². The van der Waals surface area contributed by atoms with Gasteiger partial charge in [-0.1, -0.05) is 35.5 Å². The quantitative estimate of drug-likeness (QED) is 0.692. The monoisotopic (exact) mass is 281 g/mol. The van der Waals surface area contributed by atoms with Gasteiger partial charge in [-0.25, -0.2) is 0 Å². The molecule has 2 heterocycles. The van der Waals surface area contributed by atoms with Crippen molar-refractivity contribution in [3.63, 3.8) is 0 Å². The summed E-state index contributed by atoms with van der Waals surface area (Å²) in [5.74, 6) is 0.889.